The summed E-state index contributed by atoms with van der Waals surface area (Å²) in [6.45, 7) is 10.3. The zero-order chi connectivity index (χ0) is 31.0. The number of sulfonamides is 1. The average molecular weight is 625 g/mol. The van der Waals surface area contributed by atoms with Gasteiger partial charge in [-0.25, -0.2) is 17.9 Å². The second-order valence-electron chi connectivity index (χ2n) is 15.9. The van der Waals surface area contributed by atoms with E-state index >= 15 is 0 Å². The molecule has 0 bridgehead atoms. The number of rotatable bonds is 4. The van der Waals surface area contributed by atoms with Gasteiger partial charge in [0.05, 0.1) is 29.6 Å². The first-order valence-electron chi connectivity index (χ1n) is 17.2. The molecule has 8 heteroatoms. The molecule has 2 saturated heterocycles. The number of allylic oxidation sites excluding steroid dienone is 1. The number of benzene rings is 1. The Morgan fingerprint density at radius 2 is 1.84 bits per heavy atom. The van der Waals surface area contributed by atoms with Crippen LogP contribution in [0.25, 0.3) is 0 Å². The van der Waals surface area contributed by atoms with E-state index in [2.05, 4.69) is 32.4 Å². The zero-order valence-electron chi connectivity index (χ0n) is 27.3. The largest absolute Gasteiger partial charge is 0.369 e. The van der Waals surface area contributed by atoms with E-state index in [-0.39, 0.29) is 35.7 Å². The van der Waals surface area contributed by atoms with Gasteiger partial charge in [-0.2, -0.15) is 0 Å². The minimum atomic E-state index is -3.17. The Morgan fingerprint density at radius 1 is 1.07 bits per heavy atom. The number of ether oxygens (including phenoxy) is 1. The maximum atomic E-state index is 13.1. The van der Waals surface area contributed by atoms with Crippen molar-refractivity contribution in [3.63, 3.8) is 0 Å². The van der Waals surface area contributed by atoms with E-state index < -0.39 is 10.0 Å². The fourth-order valence-electron chi connectivity index (χ4n) is 11.2. The lowest BCUT2D eigenvalue weighted by Crippen LogP contribution is -2.52. The summed E-state index contributed by atoms with van der Waals surface area (Å²) < 4.78 is 34.0. The fraction of sp³-hybridized carbons (Fsp3) is 0.750. The number of piperidine rings is 1. The number of hydrogen-bond acceptors (Lipinski definition) is 6. The third-order valence-electron chi connectivity index (χ3n) is 13.3. The van der Waals surface area contributed by atoms with E-state index in [1.807, 2.05) is 35.4 Å². The average Bonchev–Trinajstić information content (AvgIpc) is 3.43. The molecule has 1 unspecified atom stereocenters. The molecule has 0 radical (unpaired) electrons. The van der Waals surface area contributed by atoms with E-state index in [4.69, 9.17) is 9.57 Å². The van der Waals surface area contributed by atoms with Crippen LogP contribution in [-0.4, -0.2) is 56.0 Å². The van der Waals surface area contributed by atoms with Gasteiger partial charge >= 0.3 is 5.97 Å². The standard InChI is InChI=1S/C36H52N2O5S/c1-22-17-32-33(38(21-22)43-34(39)25-9-7-6-8-10-25)24(3)36(42-32)16-14-28-29-12-11-26-18-27(37-44(5,40)41)13-15-35(26,4)31(29)19-30(28)23(2)20-36/h6-10,22,24,26-29,31-33,37H,11-21H2,1-5H3/t22-,24+,26+,27+,28-,29-,31-,32?,33-,35-,36-/m0/s1. The molecule has 1 N–H and O–H groups in total. The summed E-state index contributed by atoms with van der Waals surface area (Å²) in [5.74, 6) is 3.02. The zero-order valence-corrected chi connectivity index (χ0v) is 28.1. The van der Waals surface area contributed by atoms with Gasteiger partial charge in [-0.1, -0.05) is 50.1 Å². The van der Waals surface area contributed by atoms with Crippen LogP contribution in [0.2, 0.25) is 0 Å². The van der Waals surface area contributed by atoms with Crippen LogP contribution in [0.1, 0.15) is 102 Å². The van der Waals surface area contributed by atoms with Crippen molar-refractivity contribution in [3.05, 3.63) is 47.0 Å². The normalized spacial score (nSPS) is 44.0. The smallest absolute Gasteiger partial charge is 0.357 e. The molecule has 0 aromatic heterocycles. The molecule has 6 aliphatic rings. The lowest BCUT2D eigenvalue weighted by molar-refractivity contribution is -0.182. The molecular weight excluding hydrogens is 572 g/mol. The first-order chi connectivity index (χ1) is 20.9. The molecule has 2 heterocycles. The Balaban J connectivity index is 1.10. The van der Waals surface area contributed by atoms with Gasteiger partial charge in [0.25, 0.3) is 0 Å². The van der Waals surface area contributed by atoms with Gasteiger partial charge in [-0.15, -0.1) is 5.06 Å². The minimum absolute atomic E-state index is 0.0749. The Hall–Kier alpha value is -1.74. The molecule has 0 amide bonds. The van der Waals surface area contributed by atoms with Crippen molar-refractivity contribution in [2.45, 2.75) is 116 Å². The van der Waals surface area contributed by atoms with E-state index in [9.17, 15) is 13.2 Å². The topological polar surface area (TPSA) is 84.9 Å². The van der Waals surface area contributed by atoms with Crippen LogP contribution >= 0.6 is 0 Å². The fourth-order valence-corrected chi connectivity index (χ4v) is 12.1. The monoisotopic (exact) mass is 624 g/mol. The summed E-state index contributed by atoms with van der Waals surface area (Å²) in [5.41, 5.74) is 3.91. The van der Waals surface area contributed by atoms with Crippen molar-refractivity contribution in [1.29, 1.82) is 0 Å². The minimum Gasteiger partial charge on any atom is -0.369 e. The number of nitrogens with zero attached hydrogens (tertiary/aromatic N) is 1. The molecule has 7 nitrogen and oxygen atoms in total. The van der Waals surface area contributed by atoms with Crippen LogP contribution in [-0.2, 0) is 19.6 Å². The van der Waals surface area contributed by atoms with Crippen LogP contribution in [0.15, 0.2) is 41.5 Å². The SMILES string of the molecule is CC1=C2C[C@H]3[C@@H](CC[C@@H]4C[C@H](NS(C)(=O)=O)CC[C@@]43C)[C@@H]2CC[C@@]2(C1)OC1C[C@H](C)CN(OC(=O)c3ccccc3)[C@H]1[C@H]2C. The van der Waals surface area contributed by atoms with Gasteiger partial charge < -0.3 is 9.57 Å². The predicted octanol–water partition coefficient (Wildman–Crippen LogP) is 6.51. The summed E-state index contributed by atoms with van der Waals surface area (Å²) in [7, 11) is -3.17. The highest BCUT2D eigenvalue weighted by molar-refractivity contribution is 7.88. The molecular formula is C36H52N2O5S. The number of carbonyl (C=O) groups excluding carboxylic acids is 1. The highest BCUT2D eigenvalue weighted by Gasteiger charge is 2.61. The van der Waals surface area contributed by atoms with Gasteiger partial charge in [0.1, 0.15) is 0 Å². The number of hydroxylamine groups is 2. The van der Waals surface area contributed by atoms with Crippen molar-refractivity contribution >= 4 is 16.0 Å². The van der Waals surface area contributed by atoms with E-state index in [0.717, 1.165) is 51.0 Å². The lowest BCUT2D eigenvalue weighted by Gasteiger charge is -2.54. The first-order valence-corrected chi connectivity index (χ1v) is 19.1. The van der Waals surface area contributed by atoms with Gasteiger partial charge in [0, 0.05) is 18.5 Å². The van der Waals surface area contributed by atoms with Gasteiger partial charge in [0.2, 0.25) is 10.0 Å². The summed E-state index contributed by atoms with van der Waals surface area (Å²) in [4.78, 5) is 19.2. The quantitative estimate of drug-likeness (QED) is 0.385. The summed E-state index contributed by atoms with van der Waals surface area (Å²) in [6, 6.07) is 9.49. The molecule has 1 aromatic rings. The van der Waals surface area contributed by atoms with Crippen molar-refractivity contribution in [2.24, 2.45) is 40.9 Å². The highest BCUT2D eigenvalue weighted by atomic mass is 32.2. The summed E-state index contributed by atoms with van der Waals surface area (Å²) in [6.07, 6.45) is 12.3. The Kier molecular flexibility index (Phi) is 7.87. The third kappa shape index (κ3) is 5.29. The number of hydrogen-bond donors (Lipinski definition) is 1. The number of nitrogens with one attached hydrogen (secondary N) is 1. The molecule has 2 aliphatic heterocycles. The molecule has 11 atom stereocenters. The molecule has 242 valence electrons. The Bertz CT molecular complexity index is 1410. The Labute approximate surface area is 264 Å². The van der Waals surface area contributed by atoms with Crippen LogP contribution in [0.3, 0.4) is 0 Å². The maximum absolute atomic E-state index is 13.1. The van der Waals surface area contributed by atoms with E-state index in [1.165, 1.54) is 31.9 Å². The molecule has 5 fully saturated rings. The highest BCUT2D eigenvalue weighted by Crippen LogP contribution is 2.65. The lowest BCUT2D eigenvalue weighted by atomic mass is 9.52. The molecule has 1 spiro atoms. The van der Waals surface area contributed by atoms with E-state index in [1.54, 1.807) is 11.1 Å². The maximum Gasteiger partial charge on any atom is 0.357 e. The number of carbonyl (C=O) groups is 1. The van der Waals surface area contributed by atoms with Crippen LogP contribution in [0.5, 0.6) is 0 Å². The summed E-state index contributed by atoms with van der Waals surface area (Å²) in [5, 5.41) is 1.98. The van der Waals surface area contributed by atoms with Crippen LogP contribution in [0.4, 0.5) is 0 Å². The molecule has 1 aromatic carbocycles. The van der Waals surface area contributed by atoms with Gasteiger partial charge in [-0.3, -0.25) is 0 Å². The van der Waals surface area contributed by atoms with Crippen molar-refractivity contribution in [2.75, 3.05) is 12.8 Å². The van der Waals surface area contributed by atoms with Crippen molar-refractivity contribution in [3.8, 4) is 0 Å². The van der Waals surface area contributed by atoms with Crippen molar-refractivity contribution in [1.82, 2.24) is 9.79 Å². The molecule has 7 rings (SSSR count). The first kappa shape index (κ1) is 30.9. The van der Waals surface area contributed by atoms with E-state index in [0.29, 0.717) is 34.7 Å². The number of fused-ring (bicyclic) bond motifs is 6. The predicted molar refractivity (Wildman–Crippen MR) is 171 cm³/mol. The third-order valence-corrected chi connectivity index (χ3v) is 14.1. The molecule has 3 saturated carbocycles. The van der Waals surface area contributed by atoms with Crippen molar-refractivity contribution < 1.29 is 22.8 Å². The van der Waals surface area contributed by atoms with Crippen LogP contribution < -0.4 is 4.72 Å². The Morgan fingerprint density at radius 3 is 2.59 bits per heavy atom. The van der Waals surface area contributed by atoms with Gasteiger partial charge in [0.15, 0.2) is 0 Å². The molecule has 44 heavy (non-hydrogen) atoms. The second kappa shape index (κ2) is 11.2. The van der Waals surface area contributed by atoms with Gasteiger partial charge in [-0.05, 0) is 118 Å². The summed E-state index contributed by atoms with van der Waals surface area (Å²) >= 11 is 0. The second-order valence-corrected chi connectivity index (χ2v) is 17.7. The molecule has 4 aliphatic carbocycles. The van der Waals surface area contributed by atoms with Crippen LogP contribution in [0, 0.1) is 40.9 Å².